The molecule has 5 heteroatoms. The van der Waals surface area contributed by atoms with E-state index in [1.165, 1.54) is 37.7 Å². The van der Waals surface area contributed by atoms with Gasteiger partial charge in [0.2, 0.25) is 5.91 Å². The molecule has 2 aliphatic rings. The van der Waals surface area contributed by atoms with Crippen molar-refractivity contribution in [3.8, 4) is 11.3 Å². The monoisotopic (exact) mass is 434 g/mol. The van der Waals surface area contributed by atoms with E-state index in [0.717, 1.165) is 68.4 Å². The van der Waals surface area contributed by atoms with Crippen molar-refractivity contribution in [2.75, 3.05) is 31.1 Å². The second-order valence-corrected chi connectivity index (χ2v) is 9.50. The maximum atomic E-state index is 13.0. The normalized spacial score (nSPS) is 21.6. The zero-order valence-electron chi connectivity index (χ0n) is 19.8. The van der Waals surface area contributed by atoms with E-state index in [-0.39, 0.29) is 5.92 Å². The Balaban J connectivity index is 1.26. The van der Waals surface area contributed by atoms with Gasteiger partial charge in [0.15, 0.2) is 5.82 Å². The topological polar surface area (TPSA) is 49.3 Å². The van der Waals surface area contributed by atoms with Crippen molar-refractivity contribution in [3.05, 3.63) is 42.0 Å². The van der Waals surface area contributed by atoms with E-state index in [4.69, 9.17) is 0 Å². The molecule has 1 aromatic heterocycles. The summed E-state index contributed by atoms with van der Waals surface area (Å²) in [6.07, 6.45) is 9.64. The summed E-state index contributed by atoms with van der Waals surface area (Å²) in [6, 6.07) is 12.6. The SMILES string of the molecule is CCCCC1CCC(C(=O)N2CCN(c3ccc(-c4ccc(CC)cc4)nn3)CC2)CC1. The quantitative estimate of drug-likeness (QED) is 0.589. The van der Waals surface area contributed by atoms with Gasteiger partial charge in [-0.25, -0.2) is 0 Å². The van der Waals surface area contributed by atoms with E-state index in [9.17, 15) is 4.79 Å². The summed E-state index contributed by atoms with van der Waals surface area (Å²) in [5.41, 5.74) is 3.33. The van der Waals surface area contributed by atoms with Gasteiger partial charge in [0, 0.05) is 37.7 Å². The average molecular weight is 435 g/mol. The van der Waals surface area contributed by atoms with Crippen LogP contribution < -0.4 is 4.90 Å². The number of unbranched alkanes of at least 4 members (excludes halogenated alkanes) is 1. The van der Waals surface area contributed by atoms with Crippen molar-refractivity contribution >= 4 is 11.7 Å². The van der Waals surface area contributed by atoms with Crippen molar-refractivity contribution in [1.29, 1.82) is 0 Å². The van der Waals surface area contributed by atoms with Crippen LogP contribution in [0, 0.1) is 11.8 Å². The number of hydrogen-bond donors (Lipinski definition) is 0. The molecule has 32 heavy (non-hydrogen) atoms. The van der Waals surface area contributed by atoms with Crippen LogP contribution in [0.2, 0.25) is 0 Å². The summed E-state index contributed by atoms with van der Waals surface area (Å²) in [7, 11) is 0. The highest BCUT2D eigenvalue weighted by Gasteiger charge is 2.31. The zero-order valence-corrected chi connectivity index (χ0v) is 19.8. The van der Waals surface area contributed by atoms with E-state index in [1.807, 2.05) is 0 Å². The molecule has 2 fully saturated rings. The minimum atomic E-state index is 0.248. The number of amides is 1. The molecule has 0 N–H and O–H groups in total. The van der Waals surface area contributed by atoms with E-state index < -0.39 is 0 Å². The number of anilines is 1. The highest BCUT2D eigenvalue weighted by Crippen LogP contribution is 2.33. The van der Waals surface area contributed by atoms with Crippen LogP contribution in [0.3, 0.4) is 0 Å². The number of aryl methyl sites for hydroxylation is 1. The second kappa shape index (κ2) is 10.9. The summed E-state index contributed by atoms with van der Waals surface area (Å²) in [5.74, 6) is 2.39. The smallest absolute Gasteiger partial charge is 0.225 e. The standard InChI is InChI=1S/C27H38N4O/c1-3-5-6-22-9-13-24(14-10-22)27(32)31-19-17-30(18-20-31)26-16-15-25(28-29-26)23-11-7-21(4-2)8-12-23/h7-8,11-12,15-16,22,24H,3-6,9-10,13-14,17-20H2,1-2H3. The fraction of sp³-hybridized carbons (Fsp3) is 0.593. The van der Waals surface area contributed by atoms with E-state index in [0.29, 0.717) is 5.91 Å². The Hall–Kier alpha value is -2.43. The van der Waals surface area contributed by atoms with Gasteiger partial charge in [0.25, 0.3) is 0 Å². The number of carbonyl (C=O) groups excluding carboxylic acids is 1. The predicted octanol–water partition coefficient (Wildman–Crippen LogP) is 5.35. The molecule has 0 spiro atoms. The van der Waals surface area contributed by atoms with E-state index in [2.05, 4.69) is 70.2 Å². The van der Waals surface area contributed by atoms with Gasteiger partial charge in [0.05, 0.1) is 5.69 Å². The molecule has 2 aromatic rings. The number of nitrogens with zero attached hydrogens (tertiary/aromatic N) is 4. The molecule has 1 amide bonds. The number of rotatable bonds is 7. The van der Waals surface area contributed by atoms with Crippen LogP contribution >= 0.6 is 0 Å². The van der Waals surface area contributed by atoms with Gasteiger partial charge in [-0.3, -0.25) is 4.79 Å². The second-order valence-electron chi connectivity index (χ2n) is 9.50. The molecule has 0 bridgehead atoms. The largest absolute Gasteiger partial charge is 0.352 e. The van der Waals surface area contributed by atoms with Crippen LogP contribution in [0.4, 0.5) is 5.82 Å². The third-order valence-electron chi connectivity index (χ3n) is 7.39. The first-order valence-corrected chi connectivity index (χ1v) is 12.6. The molecule has 0 radical (unpaired) electrons. The van der Waals surface area contributed by atoms with Crippen LogP contribution in [0.5, 0.6) is 0 Å². The Morgan fingerprint density at radius 3 is 2.22 bits per heavy atom. The third-order valence-corrected chi connectivity index (χ3v) is 7.39. The first kappa shape index (κ1) is 22.8. The Kier molecular flexibility index (Phi) is 7.77. The summed E-state index contributed by atoms with van der Waals surface area (Å²) < 4.78 is 0. The van der Waals surface area contributed by atoms with Crippen LogP contribution in [0.1, 0.15) is 64.4 Å². The minimum Gasteiger partial charge on any atom is -0.352 e. The van der Waals surface area contributed by atoms with Gasteiger partial charge in [-0.2, -0.15) is 0 Å². The average Bonchev–Trinajstić information content (AvgIpc) is 2.87. The lowest BCUT2D eigenvalue weighted by Gasteiger charge is -2.38. The zero-order chi connectivity index (χ0) is 22.3. The Bertz CT molecular complexity index is 848. The maximum Gasteiger partial charge on any atom is 0.225 e. The lowest BCUT2D eigenvalue weighted by molar-refractivity contribution is -0.137. The first-order valence-electron chi connectivity index (χ1n) is 12.6. The molecule has 0 atom stereocenters. The molecule has 4 rings (SSSR count). The summed E-state index contributed by atoms with van der Waals surface area (Å²) in [6.45, 7) is 7.66. The molecule has 1 saturated carbocycles. The number of carbonyl (C=O) groups is 1. The highest BCUT2D eigenvalue weighted by atomic mass is 16.2. The Labute approximate surface area is 193 Å². The molecule has 1 aromatic carbocycles. The molecule has 1 saturated heterocycles. The molecule has 1 aliphatic heterocycles. The molecular weight excluding hydrogens is 396 g/mol. The molecule has 5 nitrogen and oxygen atoms in total. The van der Waals surface area contributed by atoms with E-state index >= 15 is 0 Å². The molecule has 1 aliphatic carbocycles. The third kappa shape index (κ3) is 5.48. The highest BCUT2D eigenvalue weighted by molar-refractivity contribution is 5.79. The van der Waals surface area contributed by atoms with Gasteiger partial charge in [0.1, 0.15) is 0 Å². The maximum absolute atomic E-state index is 13.0. The number of piperazine rings is 1. The molecule has 2 heterocycles. The number of benzene rings is 1. The van der Waals surface area contributed by atoms with Gasteiger partial charge in [-0.05, 0) is 55.7 Å². The van der Waals surface area contributed by atoms with Gasteiger partial charge in [-0.1, -0.05) is 57.4 Å². The van der Waals surface area contributed by atoms with Gasteiger partial charge < -0.3 is 9.80 Å². The molecular formula is C27H38N4O. The summed E-state index contributed by atoms with van der Waals surface area (Å²) in [4.78, 5) is 17.4. The van der Waals surface area contributed by atoms with Crippen LogP contribution in [-0.4, -0.2) is 47.2 Å². The fourth-order valence-corrected chi connectivity index (χ4v) is 5.16. The van der Waals surface area contributed by atoms with Crippen molar-refractivity contribution < 1.29 is 4.79 Å². The molecule has 172 valence electrons. The first-order chi connectivity index (χ1) is 15.7. The van der Waals surface area contributed by atoms with Crippen LogP contribution in [0.25, 0.3) is 11.3 Å². The summed E-state index contributed by atoms with van der Waals surface area (Å²) >= 11 is 0. The van der Waals surface area contributed by atoms with E-state index in [1.54, 1.807) is 0 Å². The predicted molar refractivity (Wildman–Crippen MR) is 131 cm³/mol. The summed E-state index contributed by atoms with van der Waals surface area (Å²) in [5, 5.41) is 8.95. The minimum absolute atomic E-state index is 0.248. The fourth-order valence-electron chi connectivity index (χ4n) is 5.16. The van der Waals surface area contributed by atoms with Crippen molar-refractivity contribution in [3.63, 3.8) is 0 Å². The van der Waals surface area contributed by atoms with Crippen molar-refractivity contribution in [2.45, 2.75) is 65.2 Å². The van der Waals surface area contributed by atoms with Gasteiger partial charge >= 0.3 is 0 Å². The van der Waals surface area contributed by atoms with Gasteiger partial charge in [-0.15, -0.1) is 10.2 Å². The van der Waals surface area contributed by atoms with Crippen LogP contribution in [0.15, 0.2) is 36.4 Å². The lowest BCUT2D eigenvalue weighted by Crippen LogP contribution is -2.51. The molecule has 0 unspecified atom stereocenters. The van der Waals surface area contributed by atoms with Crippen molar-refractivity contribution in [2.24, 2.45) is 11.8 Å². The van der Waals surface area contributed by atoms with Crippen molar-refractivity contribution in [1.82, 2.24) is 15.1 Å². The number of hydrogen-bond acceptors (Lipinski definition) is 4. The van der Waals surface area contributed by atoms with Crippen LogP contribution in [-0.2, 0) is 11.2 Å². The number of aromatic nitrogens is 2. The Morgan fingerprint density at radius 2 is 1.62 bits per heavy atom. The Morgan fingerprint density at radius 1 is 0.906 bits per heavy atom. The lowest BCUT2D eigenvalue weighted by atomic mass is 9.79.